The number of halogens is 1. The zero-order valence-corrected chi connectivity index (χ0v) is 13.2. The third kappa shape index (κ3) is 3.91. The van der Waals surface area contributed by atoms with Crippen LogP contribution in [0.2, 0.25) is 0 Å². The second-order valence-corrected chi connectivity index (χ2v) is 6.21. The quantitative estimate of drug-likeness (QED) is 0.891. The van der Waals surface area contributed by atoms with Crippen LogP contribution in [0.4, 0.5) is 5.95 Å². The molecule has 5 nitrogen and oxygen atoms in total. The summed E-state index contributed by atoms with van der Waals surface area (Å²) in [5.41, 5.74) is 0. The number of anilines is 1. The topological polar surface area (TPSA) is 66.3 Å². The van der Waals surface area contributed by atoms with Gasteiger partial charge in [-0.05, 0) is 54.5 Å². The van der Waals surface area contributed by atoms with Crippen molar-refractivity contribution >= 4 is 27.8 Å². The molecule has 0 bridgehead atoms. The lowest BCUT2D eigenvalue weighted by atomic mass is 9.82. The third-order valence-electron chi connectivity index (χ3n) is 3.95. The molecule has 1 fully saturated rings. The molecule has 0 atom stereocenters. The van der Waals surface area contributed by atoms with Crippen molar-refractivity contribution in [3.8, 4) is 0 Å². The number of aliphatic carboxylic acids is 1. The number of rotatable bonds is 5. The maximum Gasteiger partial charge on any atom is 0.306 e. The van der Waals surface area contributed by atoms with Crippen molar-refractivity contribution in [2.75, 3.05) is 18.0 Å². The Morgan fingerprint density at radius 3 is 2.45 bits per heavy atom. The molecular weight excluding hydrogens is 322 g/mol. The number of hydrogen-bond acceptors (Lipinski definition) is 4. The lowest BCUT2D eigenvalue weighted by Crippen LogP contribution is -2.33. The van der Waals surface area contributed by atoms with Gasteiger partial charge >= 0.3 is 5.97 Å². The third-order valence-corrected chi connectivity index (χ3v) is 4.36. The van der Waals surface area contributed by atoms with Gasteiger partial charge in [0.05, 0.1) is 10.4 Å². The van der Waals surface area contributed by atoms with Crippen LogP contribution in [0.15, 0.2) is 16.9 Å². The van der Waals surface area contributed by atoms with Crippen molar-refractivity contribution in [3.63, 3.8) is 0 Å². The Morgan fingerprint density at radius 2 is 1.95 bits per heavy atom. The van der Waals surface area contributed by atoms with Crippen molar-refractivity contribution in [3.05, 3.63) is 16.9 Å². The number of aromatic nitrogens is 2. The van der Waals surface area contributed by atoms with Crippen molar-refractivity contribution < 1.29 is 9.90 Å². The van der Waals surface area contributed by atoms with Gasteiger partial charge in [0.15, 0.2) is 0 Å². The minimum absolute atomic E-state index is 0.148. The molecule has 0 aromatic carbocycles. The highest BCUT2D eigenvalue weighted by Gasteiger charge is 2.27. The highest BCUT2D eigenvalue weighted by molar-refractivity contribution is 9.10. The summed E-state index contributed by atoms with van der Waals surface area (Å²) < 4.78 is 0.874. The van der Waals surface area contributed by atoms with E-state index in [0.29, 0.717) is 5.92 Å². The zero-order chi connectivity index (χ0) is 14.5. The largest absolute Gasteiger partial charge is 0.481 e. The van der Waals surface area contributed by atoms with Crippen LogP contribution in [0.5, 0.6) is 0 Å². The molecule has 0 saturated heterocycles. The standard InChI is InChI=1S/C14H20BrN3O2/c1-2-18(14-16-7-12(15)8-17-14)9-10-3-5-11(6-4-10)13(19)20/h7-8,10-11H,2-6,9H2,1H3,(H,19,20)/t10-,11-. The Labute approximate surface area is 127 Å². The van der Waals surface area contributed by atoms with Crippen LogP contribution in [-0.2, 0) is 4.79 Å². The van der Waals surface area contributed by atoms with Gasteiger partial charge in [-0.3, -0.25) is 4.79 Å². The Hall–Kier alpha value is -1.17. The van der Waals surface area contributed by atoms with E-state index in [1.54, 1.807) is 12.4 Å². The number of nitrogens with zero attached hydrogens (tertiary/aromatic N) is 3. The molecule has 2 rings (SSSR count). The highest BCUT2D eigenvalue weighted by atomic mass is 79.9. The average molecular weight is 342 g/mol. The summed E-state index contributed by atoms with van der Waals surface area (Å²) in [7, 11) is 0. The fourth-order valence-electron chi connectivity index (χ4n) is 2.72. The normalized spacial score (nSPS) is 22.5. The molecule has 1 aromatic rings. The molecule has 0 spiro atoms. The van der Waals surface area contributed by atoms with Crippen LogP contribution in [0, 0.1) is 11.8 Å². The summed E-state index contributed by atoms with van der Waals surface area (Å²) >= 11 is 3.34. The SMILES string of the molecule is CCN(C[C@H]1CC[C@H](C(=O)O)CC1)c1ncc(Br)cn1. The van der Waals surface area contributed by atoms with Crippen LogP contribution in [0.3, 0.4) is 0 Å². The van der Waals surface area contributed by atoms with E-state index in [4.69, 9.17) is 5.11 Å². The average Bonchev–Trinajstić information content (AvgIpc) is 2.46. The van der Waals surface area contributed by atoms with Crippen LogP contribution in [0.1, 0.15) is 32.6 Å². The second-order valence-electron chi connectivity index (χ2n) is 5.30. The molecule has 0 aliphatic heterocycles. The summed E-state index contributed by atoms with van der Waals surface area (Å²) in [5, 5.41) is 9.02. The van der Waals surface area contributed by atoms with E-state index < -0.39 is 5.97 Å². The van der Waals surface area contributed by atoms with Crippen molar-refractivity contribution in [2.24, 2.45) is 11.8 Å². The highest BCUT2D eigenvalue weighted by Crippen LogP contribution is 2.30. The van der Waals surface area contributed by atoms with E-state index in [1.165, 1.54) is 0 Å². The van der Waals surface area contributed by atoms with Gasteiger partial charge in [-0.2, -0.15) is 0 Å². The summed E-state index contributed by atoms with van der Waals surface area (Å²) in [6, 6.07) is 0. The number of carbonyl (C=O) groups is 1. The summed E-state index contributed by atoms with van der Waals surface area (Å²) in [5.74, 6) is 0.492. The van der Waals surface area contributed by atoms with E-state index in [9.17, 15) is 4.79 Å². The smallest absolute Gasteiger partial charge is 0.306 e. The predicted molar refractivity (Wildman–Crippen MR) is 80.7 cm³/mol. The zero-order valence-electron chi connectivity index (χ0n) is 11.6. The Kier molecular flexibility index (Phi) is 5.34. The number of hydrogen-bond donors (Lipinski definition) is 1. The van der Waals surface area contributed by atoms with Crippen LogP contribution >= 0.6 is 15.9 Å². The fourth-order valence-corrected chi connectivity index (χ4v) is 2.93. The second kappa shape index (κ2) is 7.02. The lowest BCUT2D eigenvalue weighted by Gasteiger charge is -2.31. The molecule has 0 radical (unpaired) electrons. The van der Waals surface area contributed by atoms with Crippen molar-refractivity contribution in [1.82, 2.24) is 9.97 Å². The lowest BCUT2D eigenvalue weighted by molar-refractivity contribution is -0.143. The molecule has 0 amide bonds. The molecule has 110 valence electrons. The molecule has 1 aromatic heterocycles. The molecule has 1 saturated carbocycles. The van der Waals surface area contributed by atoms with E-state index >= 15 is 0 Å². The van der Waals surface area contributed by atoms with Gasteiger partial charge in [0.25, 0.3) is 0 Å². The predicted octanol–water partition coefficient (Wildman–Crippen LogP) is 2.96. The molecule has 1 N–H and O–H groups in total. The molecule has 0 unspecified atom stereocenters. The van der Waals surface area contributed by atoms with Crippen LogP contribution in [-0.4, -0.2) is 34.1 Å². The molecule has 20 heavy (non-hydrogen) atoms. The van der Waals surface area contributed by atoms with Gasteiger partial charge in [0.2, 0.25) is 5.95 Å². The minimum atomic E-state index is -0.646. The van der Waals surface area contributed by atoms with Crippen LogP contribution < -0.4 is 4.90 Å². The molecule has 1 aliphatic rings. The molecule has 6 heteroatoms. The first kappa shape index (κ1) is 15.2. The maximum atomic E-state index is 11.0. The fraction of sp³-hybridized carbons (Fsp3) is 0.643. The molecule has 1 heterocycles. The Balaban J connectivity index is 1.91. The van der Waals surface area contributed by atoms with Gasteiger partial charge in [-0.15, -0.1) is 0 Å². The van der Waals surface area contributed by atoms with Gasteiger partial charge in [0, 0.05) is 25.5 Å². The minimum Gasteiger partial charge on any atom is -0.481 e. The Morgan fingerprint density at radius 1 is 1.35 bits per heavy atom. The van der Waals surface area contributed by atoms with Crippen molar-refractivity contribution in [2.45, 2.75) is 32.6 Å². The first-order chi connectivity index (χ1) is 9.60. The van der Waals surface area contributed by atoms with E-state index in [-0.39, 0.29) is 5.92 Å². The van der Waals surface area contributed by atoms with Crippen molar-refractivity contribution in [1.29, 1.82) is 0 Å². The number of carboxylic acids is 1. The van der Waals surface area contributed by atoms with Gasteiger partial charge in [-0.1, -0.05) is 0 Å². The number of carboxylic acid groups (broad SMARTS) is 1. The summed E-state index contributed by atoms with van der Waals surface area (Å²) in [6.45, 7) is 3.86. The van der Waals surface area contributed by atoms with Gasteiger partial charge in [0.1, 0.15) is 0 Å². The first-order valence-corrected chi connectivity index (χ1v) is 7.84. The first-order valence-electron chi connectivity index (χ1n) is 7.05. The van der Waals surface area contributed by atoms with E-state index in [1.807, 2.05) is 0 Å². The van der Waals surface area contributed by atoms with Gasteiger partial charge < -0.3 is 10.0 Å². The monoisotopic (exact) mass is 341 g/mol. The maximum absolute atomic E-state index is 11.0. The van der Waals surface area contributed by atoms with Gasteiger partial charge in [-0.25, -0.2) is 9.97 Å². The van der Waals surface area contributed by atoms with E-state index in [2.05, 4.69) is 37.7 Å². The van der Waals surface area contributed by atoms with E-state index in [0.717, 1.165) is 49.2 Å². The molecule has 1 aliphatic carbocycles. The summed E-state index contributed by atoms with van der Waals surface area (Å²) in [4.78, 5) is 21.8. The molecular formula is C14H20BrN3O2. The Bertz CT molecular complexity index is 444. The van der Waals surface area contributed by atoms with Crippen LogP contribution in [0.25, 0.3) is 0 Å². The summed E-state index contributed by atoms with van der Waals surface area (Å²) in [6.07, 6.45) is 7.05.